The molecule has 1 amide bonds. The van der Waals surface area contributed by atoms with Crippen LogP contribution in [-0.2, 0) is 11.3 Å². The number of rotatable bonds is 6. The van der Waals surface area contributed by atoms with E-state index in [2.05, 4.69) is 83.4 Å². The summed E-state index contributed by atoms with van der Waals surface area (Å²) in [6, 6.07) is 23.1. The van der Waals surface area contributed by atoms with Crippen molar-refractivity contribution in [2.75, 3.05) is 26.2 Å². The van der Waals surface area contributed by atoms with E-state index in [4.69, 9.17) is 0 Å². The van der Waals surface area contributed by atoms with Crippen molar-refractivity contribution in [3.8, 4) is 0 Å². The highest BCUT2D eigenvalue weighted by atomic mass is 16.2. The lowest BCUT2D eigenvalue weighted by Crippen LogP contribution is -2.48. The van der Waals surface area contributed by atoms with Crippen molar-refractivity contribution in [3.63, 3.8) is 0 Å². The maximum atomic E-state index is 13.1. The Bertz CT molecular complexity index is 912. The van der Waals surface area contributed by atoms with E-state index in [0.717, 1.165) is 32.7 Å². The number of aryl methyl sites for hydroxylation is 1. The number of benzene rings is 2. The third-order valence-electron chi connectivity index (χ3n) is 5.76. The molecule has 0 N–H and O–H groups in total. The smallest absolute Gasteiger partial charge is 0.225 e. The van der Waals surface area contributed by atoms with Crippen LogP contribution in [0.25, 0.3) is 0 Å². The Morgan fingerprint density at radius 1 is 0.897 bits per heavy atom. The van der Waals surface area contributed by atoms with Gasteiger partial charge in [0.15, 0.2) is 0 Å². The zero-order chi connectivity index (χ0) is 20.1. The third-order valence-corrected chi connectivity index (χ3v) is 5.76. The predicted molar refractivity (Wildman–Crippen MR) is 117 cm³/mol. The van der Waals surface area contributed by atoms with Crippen molar-refractivity contribution < 1.29 is 4.79 Å². The Balaban J connectivity index is 1.38. The molecule has 0 spiro atoms. The molecule has 1 saturated heterocycles. The van der Waals surface area contributed by atoms with Crippen LogP contribution in [0.5, 0.6) is 0 Å². The van der Waals surface area contributed by atoms with Crippen molar-refractivity contribution in [2.45, 2.75) is 25.9 Å². The average Bonchev–Trinajstić information content (AvgIpc) is 3.28. The molecule has 4 rings (SSSR count). The van der Waals surface area contributed by atoms with Gasteiger partial charge in [0.2, 0.25) is 5.91 Å². The summed E-state index contributed by atoms with van der Waals surface area (Å²) < 4.78 is 2.15. The van der Waals surface area contributed by atoms with Crippen molar-refractivity contribution in [1.29, 1.82) is 0 Å². The second kappa shape index (κ2) is 9.10. The number of aromatic nitrogens is 1. The Morgan fingerprint density at radius 3 is 2.31 bits per heavy atom. The molecule has 4 heteroatoms. The number of nitrogens with zero attached hydrogens (tertiary/aromatic N) is 3. The van der Waals surface area contributed by atoms with Gasteiger partial charge in [0.1, 0.15) is 0 Å². The van der Waals surface area contributed by atoms with Gasteiger partial charge in [0, 0.05) is 45.1 Å². The summed E-state index contributed by atoms with van der Waals surface area (Å²) in [6.45, 7) is 6.52. The summed E-state index contributed by atoms with van der Waals surface area (Å²) in [6.07, 6.45) is 4.60. The van der Waals surface area contributed by atoms with Gasteiger partial charge in [-0.3, -0.25) is 9.69 Å². The fourth-order valence-electron chi connectivity index (χ4n) is 4.12. The normalized spacial score (nSPS) is 16.0. The maximum absolute atomic E-state index is 13.1. The predicted octanol–water partition coefficient (Wildman–Crippen LogP) is 4.12. The Labute approximate surface area is 173 Å². The van der Waals surface area contributed by atoms with Crippen molar-refractivity contribution in [2.24, 2.45) is 0 Å². The number of amides is 1. The maximum Gasteiger partial charge on any atom is 0.225 e. The molecule has 0 radical (unpaired) electrons. The van der Waals surface area contributed by atoms with Crippen LogP contribution >= 0.6 is 0 Å². The van der Waals surface area contributed by atoms with Gasteiger partial charge < -0.3 is 9.47 Å². The Kier molecular flexibility index (Phi) is 6.11. The number of piperazine rings is 1. The number of hydrogen-bond acceptors (Lipinski definition) is 2. The van der Waals surface area contributed by atoms with Crippen molar-refractivity contribution >= 4 is 5.91 Å². The highest BCUT2D eigenvalue weighted by Gasteiger charge is 2.25. The van der Waals surface area contributed by atoms with Crippen LogP contribution in [-0.4, -0.2) is 46.5 Å². The van der Waals surface area contributed by atoms with Crippen LogP contribution in [0.15, 0.2) is 79.1 Å². The van der Waals surface area contributed by atoms with E-state index in [-0.39, 0.29) is 11.9 Å². The fraction of sp³-hybridized carbons (Fsp3) is 0.320. The largest absolute Gasteiger partial charge is 0.346 e. The monoisotopic (exact) mass is 387 g/mol. The lowest BCUT2D eigenvalue weighted by Gasteiger charge is -2.35. The lowest BCUT2D eigenvalue weighted by molar-refractivity contribution is -0.133. The van der Waals surface area contributed by atoms with E-state index in [9.17, 15) is 4.79 Å². The number of hydrogen-bond donors (Lipinski definition) is 0. The molecule has 0 unspecified atom stereocenters. The molecular weight excluding hydrogens is 358 g/mol. The molecule has 0 aliphatic carbocycles. The molecule has 4 nitrogen and oxygen atoms in total. The molecule has 0 bridgehead atoms. The first-order valence-electron chi connectivity index (χ1n) is 10.4. The van der Waals surface area contributed by atoms with E-state index in [1.54, 1.807) is 0 Å². The van der Waals surface area contributed by atoms with Crippen LogP contribution in [0, 0.1) is 6.92 Å². The standard InChI is InChI=1S/C25H29N3O/c1-21-8-7-11-23(18-21)24(27-12-5-6-13-27)19-25(29)28-16-14-26(15-17-28)20-22-9-3-2-4-10-22/h2-13,18,24H,14-17,19-20H2,1H3/t24-/m0/s1. The molecule has 1 aliphatic rings. The van der Waals surface area contributed by atoms with Gasteiger partial charge in [0.25, 0.3) is 0 Å². The van der Waals surface area contributed by atoms with E-state index >= 15 is 0 Å². The van der Waals surface area contributed by atoms with Crippen molar-refractivity contribution in [1.82, 2.24) is 14.4 Å². The molecule has 1 aromatic heterocycles. The molecule has 2 aromatic carbocycles. The Morgan fingerprint density at radius 2 is 1.62 bits per heavy atom. The van der Waals surface area contributed by atoms with Gasteiger partial charge >= 0.3 is 0 Å². The van der Waals surface area contributed by atoms with E-state index in [1.807, 2.05) is 17.0 Å². The minimum absolute atomic E-state index is 0.0414. The SMILES string of the molecule is Cc1cccc([C@H](CC(=O)N2CCN(Cc3ccccc3)CC2)n2cccc2)c1. The fourth-order valence-corrected chi connectivity index (χ4v) is 4.12. The Hall–Kier alpha value is -2.85. The minimum Gasteiger partial charge on any atom is -0.346 e. The third kappa shape index (κ3) is 4.96. The van der Waals surface area contributed by atoms with Gasteiger partial charge in [0.05, 0.1) is 12.5 Å². The minimum atomic E-state index is 0.0414. The van der Waals surface area contributed by atoms with Crippen LogP contribution in [0.1, 0.15) is 29.2 Å². The molecule has 29 heavy (non-hydrogen) atoms. The first-order chi connectivity index (χ1) is 14.2. The van der Waals surface area contributed by atoms with E-state index < -0.39 is 0 Å². The zero-order valence-electron chi connectivity index (χ0n) is 17.1. The summed E-state index contributed by atoms with van der Waals surface area (Å²) in [7, 11) is 0. The van der Waals surface area contributed by atoms with Crippen LogP contribution < -0.4 is 0 Å². The molecule has 2 heterocycles. The summed E-state index contributed by atoms with van der Waals surface area (Å²) >= 11 is 0. The summed E-state index contributed by atoms with van der Waals surface area (Å²) in [5.41, 5.74) is 3.75. The molecular formula is C25H29N3O. The van der Waals surface area contributed by atoms with Gasteiger partial charge in [-0.05, 0) is 30.2 Å². The van der Waals surface area contributed by atoms with Gasteiger partial charge in [-0.15, -0.1) is 0 Å². The molecule has 1 atom stereocenters. The molecule has 1 fully saturated rings. The average molecular weight is 388 g/mol. The molecule has 0 saturated carbocycles. The molecule has 1 aliphatic heterocycles. The highest BCUT2D eigenvalue weighted by Crippen LogP contribution is 2.24. The van der Waals surface area contributed by atoms with Crippen LogP contribution in [0.2, 0.25) is 0 Å². The lowest BCUT2D eigenvalue weighted by atomic mass is 10.0. The van der Waals surface area contributed by atoms with E-state index in [0.29, 0.717) is 6.42 Å². The second-order valence-corrected chi connectivity index (χ2v) is 7.91. The summed E-state index contributed by atoms with van der Waals surface area (Å²) in [5.74, 6) is 0.240. The first-order valence-corrected chi connectivity index (χ1v) is 10.4. The van der Waals surface area contributed by atoms with Crippen molar-refractivity contribution in [3.05, 3.63) is 95.8 Å². The quantitative estimate of drug-likeness (QED) is 0.636. The second-order valence-electron chi connectivity index (χ2n) is 7.91. The van der Waals surface area contributed by atoms with Crippen LogP contribution in [0.3, 0.4) is 0 Å². The first kappa shape index (κ1) is 19.5. The summed E-state index contributed by atoms with van der Waals surface area (Å²) in [5, 5.41) is 0. The highest BCUT2D eigenvalue weighted by molar-refractivity contribution is 5.77. The van der Waals surface area contributed by atoms with Gasteiger partial charge in [-0.25, -0.2) is 0 Å². The van der Waals surface area contributed by atoms with Gasteiger partial charge in [-0.1, -0.05) is 60.2 Å². The van der Waals surface area contributed by atoms with E-state index in [1.165, 1.54) is 16.7 Å². The molecule has 150 valence electrons. The topological polar surface area (TPSA) is 28.5 Å². The number of carbonyl (C=O) groups is 1. The van der Waals surface area contributed by atoms with Crippen LogP contribution in [0.4, 0.5) is 0 Å². The molecule has 3 aromatic rings. The summed E-state index contributed by atoms with van der Waals surface area (Å²) in [4.78, 5) is 17.6. The van der Waals surface area contributed by atoms with Gasteiger partial charge in [-0.2, -0.15) is 0 Å². The zero-order valence-corrected chi connectivity index (χ0v) is 17.1. The number of carbonyl (C=O) groups excluding carboxylic acids is 1.